The van der Waals surface area contributed by atoms with Crippen molar-refractivity contribution in [1.82, 2.24) is 9.55 Å². The fourth-order valence-electron chi connectivity index (χ4n) is 3.22. The number of carbonyl (C=O) groups is 1. The van der Waals surface area contributed by atoms with Crippen LogP contribution >= 0.6 is 0 Å². The van der Waals surface area contributed by atoms with Gasteiger partial charge < -0.3 is 0 Å². The Bertz CT molecular complexity index is 775. The summed E-state index contributed by atoms with van der Waals surface area (Å²) in [5.41, 5.74) is 3.00. The maximum Gasteiger partial charge on any atom is 0.439 e. The van der Waals surface area contributed by atoms with Crippen molar-refractivity contribution in [1.29, 1.82) is 0 Å². The Labute approximate surface area is 142 Å². The van der Waals surface area contributed by atoms with Gasteiger partial charge in [-0.05, 0) is 18.6 Å². The van der Waals surface area contributed by atoms with Gasteiger partial charge in [0.1, 0.15) is 12.0 Å². The van der Waals surface area contributed by atoms with Gasteiger partial charge in [0, 0.05) is 23.9 Å². The zero-order valence-corrected chi connectivity index (χ0v) is 14.4. The van der Waals surface area contributed by atoms with Crippen molar-refractivity contribution in [3.63, 3.8) is 0 Å². The van der Waals surface area contributed by atoms with Gasteiger partial charge in [0.2, 0.25) is 6.34 Å². The van der Waals surface area contributed by atoms with Crippen molar-refractivity contribution in [2.45, 2.75) is 27.2 Å². The molecule has 1 aliphatic rings. The van der Waals surface area contributed by atoms with Crippen LogP contribution in [0, 0.1) is 5.92 Å². The predicted molar refractivity (Wildman–Crippen MR) is 95.1 cm³/mol. The summed E-state index contributed by atoms with van der Waals surface area (Å²) in [6.07, 6.45) is 7.55. The quantitative estimate of drug-likeness (QED) is 0.794. The van der Waals surface area contributed by atoms with E-state index in [1.54, 1.807) is 29.6 Å². The van der Waals surface area contributed by atoms with Crippen LogP contribution in [0.3, 0.4) is 0 Å². The molecule has 2 heterocycles. The molecular formula is C19H23N4O+. The molecule has 2 aromatic rings. The van der Waals surface area contributed by atoms with Crippen LogP contribution in [0.2, 0.25) is 0 Å². The van der Waals surface area contributed by atoms with E-state index >= 15 is 0 Å². The Hall–Kier alpha value is -2.53. The van der Waals surface area contributed by atoms with Crippen molar-refractivity contribution in [2.75, 3.05) is 6.54 Å². The van der Waals surface area contributed by atoms with Gasteiger partial charge in [-0.2, -0.15) is 4.48 Å². The molecule has 0 radical (unpaired) electrons. The number of hydrogen-bond donors (Lipinski definition) is 0. The normalized spacial score (nSPS) is 20.2. The van der Waals surface area contributed by atoms with Crippen molar-refractivity contribution in [2.24, 2.45) is 10.9 Å². The van der Waals surface area contributed by atoms with Gasteiger partial charge in [-0.3, -0.25) is 0 Å². The zero-order valence-electron chi connectivity index (χ0n) is 14.4. The lowest BCUT2D eigenvalue weighted by atomic mass is 10.0. The molecule has 1 aromatic carbocycles. The van der Waals surface area contributed by atoms with Crippen LogP contribution in [0.4, 0.5) is 4.79 Å². The molecule has 1 aliphatic heterocycles. The maximum atomic E-state index is 13.3. The van der Waals surface area contributed by atoms with Crippen LogP contribution in [0.1, 0.15) is 32.8 Å². The van der Waals surface area contributed by atoms with Crippen LogP contribution in [-0.2, 0) is 0 Å². The fraction of sp³-hybridized carbons (Fsp3) is 0.316. The molecule has 1 atom stereocenters. The molecule has 1 aromatic heterocycles. The highest BCUT2D eigenvalue weighted by atomic mass is 16.2. The molecule has 0 fully saturated rings. The van der Waals surface area contributed by atoms with Gasteiger partial charge in [-0.25, -0.2) is 19.3 Å². The third-order valence-electron chi connectivity index (χ3n) is 4.27. The van der Waals surface area contributed by atoms with Crippen molar-refractivity contribution in [3.8, 4) is 0 Å². The van der Waals surface area contributed by atoms with Crippen molar-refractivity contribution < 1.29 is 9.28 Å². The Balaban J connectivity index is 2.21. The number of quaternary nitrogens is 1. The van der Waals surface area contributed by atoms with E-state index in [0.717, 1.165) is 23.4 Å². The molecule has 0 N–H and O–H groups in total. The average Bonchev–Trinajstić information content (AvgIpc) is 3.24. The molecule has 0 saturated carbocycles. The van der Waals surface area contributed by atoms with E-state index in [2.05, 4.69) is 42.9 Å². The number of hydrogen-bond acceptors (Lipinski definition) is 3. The number of aromatic nitrogens is 2. The Morgan fingerprint density at radius 1 is 1.25 bits per heavy atom. The molecule has 0 spiro atoms. The summed E-state index contributed by atoms with van der Waals surface area (Å²) in [5, 5.41) is 0. The number of amides is 1. The Morgan fingerprint density at radius 3 is 2.58 bits per heavy atom. The lowest BCUT2D eigenvalue weighted by molar-refractivity contribution is -0.669. The molecule has 24 heavy (non-hydrogen) atoms. The summed E-state index contributed by atoms with van der Waals surface area (Å²) in [6, 6.07) is 10.0. The molecule has 3 rings (SSSR count). The topological polar surface area (TPSA) is 47.2 Å². The highest BCUT2D eigenvalue weighted by Gasteiger charge is 2.47. The summed E-state index contributed by atoms with van der Waals surface area (Å²) < 4.78 is 1.65. The van der Waals surface area contributed by atoms with Crippen LogP contribution in [-0.4, -0.2) is 32.9 Å². The molecule has 5 heteroatoms. The van der Waals surface area contributed by atoms with E-state index in [9.17, 15) is 4.79 Å². The first kappa shape index (κ1) is 16.3. The number of carbonyl (C=O) groups excluding carboxylic acids is 1. The molecule has 0 saturated heterocycles. The van der Waals surface area contributed by atoms with Gasteiger partial charge in [0.25, 0.3) is 0 Å². The number of aliphatic imine (C=N–C) groups is 1. The second kappa shape index (κ2) is 6.53. The zero-order chi connectivity index (χ0) is 17.2. The van der Waals surface area contributed by atoms with E-state index < -0.39 is 0 Å². The summed E-state index contributed by atoms with van der Waals surface area (Å²) in [6.45, 7) is 6.98. The van der Waals surface area contributed by atoms with Gasteiger partial charge in [-0.1, -0.05) is 39.0 Å². The molecule has 0 bridgehead atoms. The minimum atomic E-state index is -0.0485. The maximum absolute atomic E-state index is 13.3. The lowest BCUT2D eigenvalue weighted by Gasteiger charge is -2.30. The van der Waals surface area contributed by atoms with E-state index in [4.69, 9.17) is 0 Å². The summed E-state index contributed by atoms with van der Waals surface area (Å²) >= 11 is 0. The average molecular weight is 323 g/mol. The van der Waals surface area contributed by atoms with Crippen LogP contribution in [0.15, 0.2) is 59.7 Å². The van der Waals surface area contributed by atoms with Gasteiger partial charge in [-0.15, -0.1) is 0 Å². The third kappa shape index (κ3) is 2.61. The Kier molecular flexibility index (Phi) is 4.44. The van der Waals surface area contributed by atoms with Crippen molar-refractivity contribution in [3.05, 3.63) is 60.3 Å². The first-order chi connectivity index (χ1) is 11.6. The van der Waals surface area contributed by atoms with Crippen LogP contribution in [0.5, 0.6) is 0 Å². The summed E-state index contributed by atoms with van der Waals surface area (Å²) in [4.78, 5) is 22.0. The van der Waals surface area contributed by atoms with Gasteiger partial charge in [0.15, 0.2) is 5.70 Å². The van der Waals surface area contributed by atoms with Gasteiger partial charge in [0.05, 0.1) is 6.54 Å². The second-order valence-corrected chi connectivity index (χ2v) is 6.34. The monoisotopic (exact) mass is 323 g/mol. The first-order valence-corrected chi connectivity index (χ1v) is 8.36. The minimum absolute atomic E-state index is 0.0485. The molecule has 1 unspecified atom stereocenters. The highest BCUT2D eigenvalue weighted by molar-refractivity contribution is 5.90. The van der Waals surface area contributed by atoms with E-state index in [0.29, 0.717) is 6.54 Å². The summed E-state index contributed by atoms with van der Waals surface area (Å²) in [7, 11) is 0. The minimum Gasteiger partial charge on any atom is -0.245 e. The number of nitrogens with zero attached hydrogens (tertiary/aromatic N) is 4. The number of allylic oxidation sites excluding steroid dienone is 1. The largest absolute Gasteiger partial charge is 0.439 e. The number of benzene rings is 1. The van der Waals surface area contributed by atoms with E-state index in [1.807, 2.05) is 18.2 Å². The molecular weight excluding hydrogens is 300 g/mol. The van der Waals surface area contributed by atoms with Gasteiger partial charge >= 0.3 is 6.03 Å². The highest BCUT2D eigenvalue weighted by Crippen LogP contribution is 2.38. The van der Waals surface area contributed by atoms with Crippen LogP contribution in [0.25, 0.3) is 5.70 Å². The number of rotatable bonds is 4. The smallest absolute Gasteiger partial charge is 0.245 e. The fourth-order valence-corrected chi connectivity index (χ4v) is 3.22. The lowest BCUT2D eigenvalue weighted by Crippen LogP contribution is -2.51. The van der Waals surface area contributed by atoms with Crippen LogP contribution < -0.4 is 0 Å². The predicted octanol–water partition coefficient (Wildman–Crippen LogP) is 4.14. The standard InChI is InChI=1S/C19H23N4O/c1-4-12-23(19(24)22-11-10-20-13-22)14-21-17(15(2)3)18(23)16-8-6-5-7-9-16/h5-11,13-15H,4,12H2,1-3H3/q+1. The Morgan fingerprint density at radius 2 is 2.00 bits per heavy atom. The SMILES string of the molecule is CCC[N+]1(C(=O)n2ccnc2)C=NC(C(C)C)=C1c1ccccc1. The molecule has 5 nitrogen and oxygen atoms in total. The molecule has 0 aliphatic carbocycles. The summed E-state index contributed by atoms with van der Waals surface area (Å²) in [5.74, 6) is 0.240. The second-order valence-electron chi connectivity index (χ2n) is 6.34. The van der Waals surface area contributed by atoms with Crippen molar-refractivity contribution >= 4 is 18.1 Å². The third-order valence-corrected chi connectivity index (χ3v) is 4.27. The first-order valence-electron chi connectivity index (χ1n) is 8.36. The molecule has 124 valence electrons. The van der Waals surface area contributed by atoms with E-state index in [-0.39, 0.29) is 16.4 Å². The molecule has 1 amide bonds. The number of imidazole rings is 1. The van der Waals surface area contributed by atoms with E-state index in [1.165, 1.54) is 0 Å².